The Hall–Kier alpha value is -3.15. The van der Waals surface area contributed by atoms with E-state index in [1.807, 2.05) is 0 Å². The molecule has 1 saturated carbocycles. The monoisotopic (exact) mass is 454 g/mol. The summed E-state index contributed by atoms with van der Waals surface area (Å²) in [6.07, 6.45) is 3.11. The van der Waals surface area contributed by atoms with Gasteiger partial charge in [-0.3, -0.25) is 14.1 Å². The summed E-state index contributed by atoms with van der Waals surface area (Å²) in [5.74, 6) is 0.128. The third-order valence-electron chi connectivity index (χ3n) is 6.58. The van der Waals surface area contributed by atoms with Crippen LogP contribution in [-0.4, -0.2) is 69.0 Å². The summed E-state index contributed by atoms with van der Waals surface area (Å²) in [6, 6.07) is 4.75. The number of hydrogen-bond acceptors (Lipinski definition) is 8. The highest BCUT2D eigenvalue weighted by Crippen LogP contribution is 2.47. The van der Waals surface area contributed by atoms with E-state index in [4.69, 9.17) is 14.0 Å². The molecule has 0 unspecified atom stereocenters. The van der Waals surface area contributed by atoms with Crippen molar-refractivity contribution in [2.45, 2.75) is 25.0 Å². The van der Waals surface area contributed by atoms with E-state index >= 15 is 0 Å². The molecule has 4 aromatic rings. The van der Waals surface area contributed by atoms with Crippen LogP contribution in [0, 0.1) is 5.82 Å². The van der Waals surface area contributed by atoms with E-state index in [0.29, 0.717) is 37.6 Å². The van der Waals surface area contributed by atoms with E-state index in [-0.39, 0.29) is 28.2 Å². The summed E-state index contributed by atoms with van der Waals surface area (Å²) in [6.45, 7) is 3.80. The first kappa shape index (κ1) is 20.5. The summed E-state index contributed by atoms with van der Waals surface area (Å²) >= 11 is 0. The lowest BCUT2D eigenvalue weighted by molar-refractivity contribution is 0.0364. The molecule has 0 atom stereocenters. The van der Waals surface area contributed by atoms with Gasteiger partial charge in [-0.1, -0.05) is 11.2 Å². The summed E-state index contributed by atoms with van der Waals surface area (Å²) in [5.41, 5.74) is 0.451. The Balaban J connectivity index is 1.49. The lowest BCUT2D eigenvalue weighted by Gasteiger charge is -2.27. The normalized spacial score (nSPS) is 18.4. The van der Waals surface area contributed by atoms with Crippen LogP contribution >= 0.6 is 0 Å². The third kappa shape index (κ3) is 3.26. The fourth-order valence-corrected chi connectivity index (χ4v) is 4.50. The van der Waals surface area contributed by atoms with Gasteiger partial charge in [0, 0.05) is 33.3 Å². The van der Waals surface area contributed by atoms with E-state index in [1.165, 1.54) is 17.0 Å². The van der Waals surface area contributed by atoms with Crippen molar-refractivity contribution in [3.63, 3.8) is 0 Å². The van der Waals surface area contributed by atoms with Gasteiger partial charge >= 0.3 is 0 Å². The molecule has 6 rings (SSSR count). The van der Waals surface area contributed by atoms with E-state index in [1.54, 1.807) is 23.6 Å². The van der Waals surface area contributed by atoms with Crippen LogP contribution in [0.15, 0.2) is 33.8 Å². The van der Waals surface area contributed by atoms with E-state index in [0.717, 1.165) is 25.9 Å². The predicted octanol–water partition coefficient (Wildman–Crippen LogP) is 1.81. The molecule has 11 heteroatoms. The first-order valence-electron chi connectivity index (χ1n) is 11.0. The zero-order valence-corrected chi connectivity index (χ0v) is 18.2. The predicted molar refractivity (Wildman–Crippen MR) is 115 cm³/mol. The van der Waals surface area contributed by atoms with Gasteiger partial charge in [-0.15, -0.1) is 0 Å². The highest BCUT2D eigenvalue weighted by atomic mass is 19.1. The number of methoxy groups -OCH3 is 1. The SMILES string of the molecule is COC1(c2noc(-c3ncn4c3c(=O)n(CCN3CCOCC3)c3c(F)cccc34)n2)CC1. The molecular weight excluding hydrogens is 431 g/mol. The smallest absolute Gasteiger partial charge is 0.279 e. The number of fused-ring (bicyclic) bond motifs is 3. The molecule has 1 saturated heterocycles. The van der Waals surface area contributed by atoms with Crippen molar-refractivity contribution in [3.8, 4) is 11.6 Å². The first-order chi connectivity index (χ1) is 16.1. The van der Waals surface area contributed by atoms with E-state index < -0.39 is 11.4 Å². The molecule has 0 N–H and O–H groups in total. The molecule has 2 fully saturated rings. The second kappa shape index (κ2) is 7.72. The first-order valence-corrected chi connectivity index (χ1v) is 11.0. The van der Waals surface area contributed by atoms with Gasteiger partial charge in [0.2, 0.25) is 5.82 Å². The number of para-hydroxylation sites is 1. The molecule has 0 amide bonds. The van der Waals surface area contributed by atoms with Gasteiger partial charge in [0.1, 0.15) is 28.8 Å². The van der Waals surface area contributed by atoms with Crippen LogP contribution in [0.4, 0.5) is 4.39 Å². The number of halogens is 1. The summed E-state index contributed by atoms with van der Waals surface area (Å²) in [7, 11) is 1.61. The van der Waals surface area contributed by atoms with Gasteiger partial charge in [0.05, 0.1) is 18.7 Å². The zero-order valence-electron chi connectivity index (χ0n) is 18.2. The summed E-state index contributed by atoms with van der Waals surface area (Å²) < 4.78 is 34.4. The van der Waals surface area contributed by atoms with Crippen LogP contribution in [0.5, 0.6) is 0 Å². The van der Waals surface area contributed by atoms with Crippen LogP contribution in [0.3, 0.4) is 0 Å². The van der Waals surface area contributed by atoms with Gasteiger partial charge in [0.15, 0.2) is 5.69 Å². The maximum atomic E-state index is 14.9. The Morgan fingerprint density at radius 1 is 1.18 bits per heavy atom. The molecule has 1 aliphatic heterocycles. The molecule has 1 aromatic carbocycles. The van der Waals surface area contributed by atoms with Gasteiger partial charge in [0.25, 0.3) is 11.4 Å². The van der Waals surface area contributed by atoms with Crippen molar-refractivity contribution < 1.29 is 18.4 Å². The molecule has 0 bridgehead atoms. The number of ether oxygens (including phenoxy) is 2. The molecular formula is C22H23FN6O4. The Morgan fingerprint density at radius 3 is 2.76 bits per heavy atom. The maximum Gasteiger partial charge on any atom is 0.279 e. The van der Waals surface area contributed by atoms with E-state index in [9.17, 15) is 9.18 Å². The zero-order chi connectivity index (χ0) is 22.6. The fraction of sp³-hybridized carbons (Fsp3) is 0.455. The molecule has 33 heavy (non-hydrogen) atoms. The molecule has 172 valence electrons. The largest absolute Gasteiger partial charge is 0.379 e. The highest BCUT2D eigenvalue weighted by molar-refractivity contribution is 5.83. The van der Waals surface area contributed by atoms with Gasteiger partial charge in [-0.2, -0.15) is 4.98 Å². The van der Waals surface area contributed by atoms with Gasteiger partial charge < -0.3 is 18.6 Å². The van der Waals surface area contributed by atoms with Crippen molar-refractivity contribution in [1.29, 1.82) is 0 Å². The van der Waals surface area contributed by atoms with Crippen molar-refractivity contribution in [2.24, 2.45) is 0 Å². The van der Waals surface area contributed by atoms with Crippen LogP contribution in [-0.2, 0) is 21.6 Å². The lowest BCUT2D eigenvalue weighted by atomic mass is 10.2. The summed E-state index contributed by atoms with van der Waals surface area (Å²) in [4.78, 5) is 24.7. The summed E-state index contributed by atoms with van der Waals surface area (Å²) in [5, 5.41) is 4.06. The number of hydrogen-bond donors (Lipinski definition) is 0. The molecule has 4 heterocycles. The second-order valence-corrected chi connectivity index (χ2v) is 8.45. The number of benzene rings is 1. The minimum atomic E-state index is -0.522. The van der Waals surface area contributed by atoms with Crippen molar-refractivity contribution in [3.05, 3.63) is 46.5 Å². The minimum absolute atomic E-state index is 0.142. The van der Waals surface area contributed by atoms with Gasteiger partial charge in [-0.05, 0) is 25.0 Å². The average Bonchev–Trinajstić information content (AvgIpc) is 3.26. The number of rotatable bonds is 6. The van der Waals surface area contributed by atoms with Crippen molar-refractivity contribution in [1.82, 2.24) is 29.0 Å². The molecule has 10 nitrogen and oxygen atoms in total. The quantitative estimate of drug-likeness (QED) is 0.435. The molecule has 0 spiro atoms. The number of morpholine rings is 1. The Labute approximate surface area is 187 Å². The Kier molecular flexibility index (Phi) is 4.78. The average molecular weight is 454 g/mol. The van der Waals surface area contributed by atoms with Crippen LogP contribution in [0.25, 0.3) is 28.1 Å². The third-order valence-corrected chi connectivity index (χ3v) is 6.58. The van der Waals surface area contributed by atoms with E-state index in [2.05, 4.69) is 20.0 Å². The van der Waals surface area contributed by atoms with Gasteiger partial charge in [-0.25, -0.2) is 9.37 Å². The van der Waals surface area contributed by atoms with Crippen LogP contribution in [0.2, 0.25) is 0 Å². The molecule has 3 aromatic heterocycles. The molecule has 0 radical (unpaired) electrons. The Bertz CT molecular complexity index is 1400. The molecule has 2 aliphatic rings. The van der Waals surface area contributed by atoms with Crippen molar-refractivity contribution >= 4 is 16.6 Å². The highest BCUT2D eigenvalue weighted by Gasteiger charge is 2.49. The number of imidazole rings is 1. The molecule has 1 aliphatic carbocycles. The maximum absolute atomic E-state index is 14.9. The Morgan fingerprint density at radius 2 is 2.00 bits per heavy atom. The standard InChI is InChI=1S/C22H23FN6O4/c1-31-22(5-6-22)21-25-19(33-26-21)16-18-20(30)28(8-7-27-9-11-32-12-10-27)17-14(23)3-2-4-15(17)29(18)13-24-16/h2-4,13H,5-12H2,1H3. The van der Waals surface area contributed by atoms with Crippen LogP contribution < -0.4 is 5.56 Å². The second-order valence-electron chi connectivity index (χ2n) is 8.45. The lowest BCUT2D eigenvalue weighted by Crippen LogP contribution is -2.39. The minimum Gasteiger partial charge on any atom is -0.379 e. The number of nitrogens with zero attached hydrogens (tertiary/aromatic N) is 6. The topological polar surface area (TPSA) is 99.9 Å². The number of aromatic nitrogens is 5. The van der Waals surface area contributed by atoms with Crippen LogP contribution in [0.1, 0.15) is 18.7 Å². The van der Waals surface area contributed by atoms with Crippen molar-refractivity contribution in [2.75, 3.05) is 40.0 Å². The fourth-order valence-electron chi connectivity index (χ4n) is 4.50.